The smallest absolute Gasteiger partial charge is 0.378 e. The molecule has 0 amide bonds. The molecule has 0 aromatic rings. The maximum Gasteiger partial charge on any atom is 0.397 e. The number of aliphatic hydroxyl groups is 1. The fraction of sp³-hybridized carbons (Fsp3) is 1.00. The zero-order chi connectivity index (χ0) is 13.1. The van der Waals surface area contributed by atoms with Gasteiger partial charge in [-0.15, -0.1) is 0 Å². The highest BCUT2D eigenvalue weighted by Gasteiger charge is 2.38. The highest BCUT2D eigenvalue weighted by atomic mass is 32.3. The van der Waals surface area contributed by atoms with Gasteiger partial charge in [0.05, 0.1) is 18.8 Å². The zero-order valence-corrected chi connectivity index (χ0v) is 10.3. The monoisotopic (exact) mass is 272 g/mol. The average molecular weight is 272 g/mol. The predicted molar refractivity (Wildman–Crippen MR) is 54.6 cm³/mol. The third-order valence-corrected chi connectivity index (χ3v) is 2.89. The number of hydrogen-bond donors (Lipinski definition) is 2. The standard InChI is InChI=1S/C8H16O8S/c1-13-6-3-5(4-15-17(10,11)12)16-8(9)7(6)14-2/h5-9H,3-4H2,1-2H3,(H,10,11,12)/t5?,6?,7?,8-/m0/s1. The van der Waals surface area contributed by atoms with Crippen molar-refractivity contribution in [2.75, 3.05) is 20.8 Å². The van der Waals surface area contributed by atoms with Crippen LogP contribution in [0, 0.1) is 0 Å². The Morgan fingerprint density at radius 3 is 2.47 bits per heavy atom. The fourth-order valence-corrected chi connectivity index (χ4v) is 2.00. The van der Waals surface area contributed by atoms with Crippen molar-refractivity contribution in [3.8, 4) is 0 Å². The molecular weight excluding hydrogens is 256 g/mol. The van der Waals surface area contributed by atoms with Crippen molar-refractivity contribution in [2.45, 2.75) is 31.0 Å². The second-order valence-electron chi connectivity index (χ2n) is 3.57. The quantitative estimate of drug-likeness (QED) is 0.609. The molecule has 9 heteroatoms. The predicted octanol–water partition coefficient (Wildman–Crippen LogP) is -1.06. The summed E-state index contributed by atoms with van der Waals surface area (Å²) in [5, 5.41) is 9.58. The minimum absolute atomic E-state index is 0.279. The van der Waals surface area contributed by atoms with Gasteiger partial charge in [0.2, 0.25) is 0 Å². The van der Waals surface area contributed by atoms with Gasteiger partial charge in [-0.05, 0) is 0 Å². The van der Waals surface area contributed by atoms with E-state index in [1.807, 2.05) is 0 Å². The van der Waals surface area contributed by atoms with Gasteiger partial charge < -0.3 is 19.3 Å². The van der Waals surface area contributed by atoms with Gasteiger partial charge in [0.1, 0.15) is 6.10 Å². The first kappa shape index (κ1) is 14.8. The largest absolute Gasteiger partial charge is 0.397 e. The first-order chi connectivity index (χ1) is 7.87. The minimum Gasteiger partial charge on any atom is -0.378 e. The maximum atomic E-state index is 10.4. The van der Waals surface area contributed by atoms with Gasteiger partial charge in [0, 0.05) is 20.6 Å². The van der Waals surface area contributed by atoms with Crippen LogP contribution in [-0.2, 0) is 28.8 Å². The number of aliphatic hydroxyl groups excluding tert-OH is 1. The molecule has 1 rings (SSSR count). The molecule has 17 heavy (non-hydrogen) atoms. The lowest BCUT2D eigenvalue weighted by molar-refractivity contribution is -0.261. The summed E-state index contributed by atoms with van der Waals surface area (Å²) in [5.41, 5.74) is 0. The van der Waals surface area contributed by atoms with E-state index in [4.69, 9.17) is 18.8 Å². The average Bonchev–Trinajstić information content (AvgIpc) is 2.24. The summed E-state index contributed by atoms with van der Waals surface area (Å²) >= 11 is 0. The van der Waals surface area contributed by atoms with Crippen LogP contribution >= 0.6 is 0 Å². The molecule has 1 heterocycles. The molecule has 0 bridgehead atoms. The van der Waals surface area contributed by atoms with E-state index < -0.39 is 41.6 Å². The van der Waals surface area contributed by atoms with Crippen LogP contribution in [0.15, 0.2) is 0 Å². The van der Waals surface area contributed by atoms with E-state index in [2.05, 4.69) is 4.18 Å². The van der Waals surface area contributed by atoms with Crippen LogP contribution in [0.5, 0.6) is 0 Å². The normalized spacial score (nSPS) is 34.8. The van der Waals surface area contributed by atoms with E-state index in [9.17, 15) is 13.5 Å². The van der Waals surface area contributed by atoms with E-state index in [0.717, 1.165) is 0 Å². The summed E-state index contributed by atoms with van der Waals surface area (Å²) in [6, 6.07) is 0. The van der Waals surface area contributed by atoms with Gasteiger partial charge in [-0.25, -0.2) is 4.18 Å². The van der Waals surface area contributed by atoms with E-state index >= 15 is 0 Å². The second kappa shape index (κ2) is 6.05. The molecule has 0 aliphatic carbocycles. The van der Waals surface area contributed by atoms with Crippen molar-refractivity contribution >= 4 is 10.4 Å². The molecule has 0 saturated carbocycles. The molecule has 1 aliphatic rings. The highest BCUT2D eigenvalue weighted by Crippen LogP contribution is 2.23. The number of ether oxygens (including phenoxy) is 3. The second-order valence-corrected chi connectivity index (χ2v) is 4.66. The first-order valence-electron chi connectivity index (χ1n) is 4.88. The Balaban J connectivity index is 2.55. The van der Waals surface area contributed by atoms with Crippen molar-refractivity contribution in [2.24, 2.45) is 0 Å². The molecule has 4 atom stereocenters. The molecule has 8 nitrogen and oxygen atoms in total. The molecule has 1 saturated heterocycles. The van der Waals surface area contributed by atoms with Crippen LogP contribution in [0.1, 0.15) is 6.42 Å². The summed E-state index contributed by atoms with van der Waals surface area (Å²) in [6.07, 6.45) is -2.76. The fourth-order valence-electron chi connectivity index (χ4n) is 1.67. The van der Waals surface area contributed by atoms with Crippen LogP contribution in [0.3, 0.4) is 0 Å². The Morgan fingerprint density at radius 1 is 1.35 bits per heavy atom. The van der Waals surface area contributed by atoms with Crippen molar-refractivity contribution in [1.82, 2.24) is 0 Å². The molecule has 2 N–H and O–H groups in total. The topological polar surface area (TPSA) is 112 Å². The zero-order valence-electron chi connectivity index (χ0n) is 9.48. The molecule has 1 fully saturated rings. The molecule has 0 spiro atoms. The number of hydrogen-bond acceptors (Lipinski definition) is 7. The molecular formula is C8H16O8S. The summed E-state index contributed by atoms with van der Waals surface area (Å²) in [4.78, 5) is 0. The first-order valence-corrected chi connectivity index (χ1v) is 6.25. The number of rotatable bonds is 5. The summed E-state index contributed by atoms with van der Waals surface area (Å²) in [6.45, 7) is -0.397. The molecule has 3 unspecified atom stereocenters. The van der Waals surface area contributed by atoms with Gasteiger partial charge in [-0.3, -0.25) is 4.55 Å². The van der Waals surface area contributed by atoms with Gasteiger partial charge in [0.25, 0.3) is 0 Å². The van der Waals surface area contributed by atoms with E-state index in [-0.39, 0.29) is 6.42 Å². The van der Waals surface area contributed by atoms with Gasteiger partial charge >= 0.3 is 10.4 Å². The van der Waals surface area contributed by atoms with Crippen LogP contribution in [0.4, 0.5) is 0 Å². The Morgan fingerprint density at radius 2 is 2.00 bits per heavy atom. The highest BCUT2D eigenvalue weighted by molar-refractivity contribution is 7.80. The van der Waals surface area contributed by atoms with E-state index in [1.165, 1.54) is 14.2 Å². The lowest BCUT2D eigenvalue weighted by Gasteiger charge is -2.37. The maximum absolute atomic E-state index is 10.4. The van der Waals surface area contributed by atoms with Gasteiger partial charge in [-0.1, -0.05) is 0 Å². The summed E-state index contributed by atoms with van der Waals surface area (Å²) in [7, 11) is -1.68. The molecule has 0 aromatic carbocycles. The molecule has 0 radical (unpaired) electrons. The van der Waals surface area contributed by atoms with E-state index in [1.54, 1.807) is 0 Å². The third-order valence-electron chi connectivity index (χ3n) is 2.45. The van der Waals surface area contributed by atoms with Gasteiger partial charge in [-0.2, -0.15) is 8.42 Å². The van der Waals surface area contributed by atoms with Crippen molar-refractivity contribution in [1.29, 1.82) is 0 Å². The van der Waals surface area contributed by atoms with Crippen LogP contribution in [0.25, 0.3) is 0 Å². The minimum atomic E-state index is -4.52. The molecule has 0 aromatic heterocycles. The third kappa shape index (κ3) is 4.47. The molecule has 102 valence electrons. The van der Waals surface area contributed by atoms with Crippen molar-refractivity contribution < 1.29 is 36.5 Å². The van der Waals surface area contributed by atoms with Crippen LogP contribution < -0.4 is 0 Å². The summed E-state index contributed by atoms with van der Waals surface area (Å²) < 4.78 is 48.5. The lowest BCUT2D eigenvalue weighted by Crippen LogP contribution is -2.51. The van der Waals surface area contributed by atoms with Crippen molar-refractivity contribution in [3.63, 3.8) is 0 Å². The van der Waals surface area contributed by atoms with Crippen LogP contribution in [0.2, 0.25) is 0 Å². The Bertz CT molecular complexity index is 328. The molecule has 1 aliphatic heterocycles. The Hall–Kier alpha value is -0.290. The van der Waals surface area contributed by atoms with Crippen LogP contribution in [-0.4, -0.2) is 63.5 Å². The SMILES string of the molecule is COC1CC(COS(=O)(=O)O)O[C@H](O)C1OC. The Labute approximate surface area is 99.4 Å². The lowest BCUT2D eigenvalue weighted by atomic mass is 10.0. The van der Waals surface area contributed by atoms with Crippen molar-refractivity contribution in [3.05, 3.63) is 0 Å². The Kier molecular flexibility index (Phi) is 5.25. The van der Waals surface area contributed by atoms with Gasteiger partial charge in [0.15, 0.2) is 6.29 Å². The number of methoxy groups -OCH3 is 2. The summed E-state index contributed by atoms with van der Waals surface area (Å²) in [5.74, 6) is 0. The van der Waals surface area contributed by atoms with E-state index in [0.29, 0.717) is 0 Å².